The van der Waals surface area contributed by atoms with E-state index in [-0.39, 0.29) is 30.1 Å². The van der Waals surface area contributed by atoms with Crippen molar-refractivity contribution in [3.63, 3.8) is 0 Å². The van der Waals surface area contributed by atoms with E-state index in [9.17, 15) is 33.9 Å². The SMILES string of the molecule is C=C(C)C(=O)C(O)COC(=O)C(C)(C)CC.C=C(C)C(=O)OCCN(C)C(=O)C(C)(C)CC.C=O.O=CCCCC=O. The first kappa shape index (κ1) is 45.5. The number of hydrogen-bond acceptors (Lipinski definition) is 10. The van der Waals surface area contributed by atoms with Crippen LogP contribution in [0.5, 0.6) is 0 Å². The van der Waals surface area contributed by atoms with Crippen LogP contribution in [0.4, 0.5) is 0 Å². The number of ether oxygens (including phenoxy) is 2. The highest BCUT2D eigenvalue weighted by molar-refractivity contribution is 5.97. The number of carbonyl (C=O) groups is 7. The van der Waals surface area contributed by atoms with Crippen LogP contribution in [-0.4, -0.2) is 85.9 Å². The number of aldehydes is 2. The van der Waals surface area contributed by atoms with Crippen molar-refractivity contribution >= 4 is 43.0 Å². The predicted molar refractivity (Wildman–Crippen MR) is 161 cm³/mol. The Morgan fingerprint density at radius 1 is 0.857 bits per heavy atom. The van der Waals surface area contributed by atoms with Crippen LogP contribution in [0, 0.1) is 10.8 Å². The van der Waals surface area contributed by atoms with E-state index >= 15 is 0 Å². The second-order valence-corrected chi connectivity index (χ2v) is 10.6. The van der Waals surface area contributed by atoms with E-state index in [1.165, 1.54) is 6.92 Å². The molecular weight excluding hydrogens is 546 g/mol. The fraction of sp³-hybridized carbons (Fsp3) is 0.645. The summed E-state index contributed by atoms with van der Waals surface area (Å²) in [6, 6.07) is 0. The molecule has 0 aromatic heterocycles. The standard InChI is InChI=1S/C13H23NO3.C12H20O4.C5H8O2.CH2O/c1-7-13(4,5)12(16)14(6)8-9-17-11(15)10(2)3;1-6-12(4,5)11(15)16-7-9(13)10(14)8(2)3;6-4-2-1-3-5-7;1-2/h2,7-9H2,1,3-6H3;9,13H,2,6-7H2,1,3-5H3;4-5H,1-3H2;1H2. The lowest BCUT2D eigenvalue weighted by atomic mass is 9.89. The van der Waals surface area contributed by atoms with Gasteiger partial charge in [-0.3, -0.25) is 14.4 Å². The Hall–Kier alpha value is -3.47. The molecule has 0 aromatic rings. The number of aliphatic hydroxyl groups excluding tert-OH is 1. The molecule has 0 aromatic carbocycles. The van der Waals surface area contributed by atoms with Crippen molar-refractivity contribution < 1.29 is 48.1 Å². The Labute approximate surface area is 251 Å². The zero-order valence-electron chi connectivity index (χ0n) is 27.1. The molecule has 11 heteroatoms. The van der Waals surface area contributed by atoms with Crippen LogP contribution < -0.4 is 0 Å². The maximum absolute atomic E-state index is 12.0. The summed E-state index contributed by atoms with van der Waals surface area (Å²) in [6.07, 6.45) is 3.48. The van der Waals surface area contributed by atoms with E-state index in [1.54, 1.807) is 32.7 Å². The summed E-state index contributed by atoms with van der Waals surface area (Å²) in [5, 5.41) is 9.39. The van der Waals surface area contributed by atoms with Gasteiger partial charge in [0.1, 0.15) is 32.6 Å². The molecule has 0 saturated heterocycles. The third kappa shape index (κ3) is 22.2. The fourth-order valence-corrected chi connectivity index (χ4v) is 2.31. The van der Waals surface area contributed by atoms with Crippen molar-refractivity contribution in [2.75, 3.05) is 26.8 Å². The van der Waals surface area contributed by atoms with Gasteiger partial charge in [0.2, 0.25) is 5.91 Å². The van der Waals surface area contributed by atoms with Crippen molar-refractivity contribution in [3.8, 4) is 0 Å². The van der Waals surface area contributed by atoms with Gasteiger partial charge in [0, 0.05) is 30.9 Å². The average Bonchev–Trinajstić information content (AvgIpc) is 2.96. The number of unbranched alkanes of at least 4 members (excludes halogenated alkanes) is 2. The Bertz CT molecular complexity index is 869. The second-order valence-electron chi connectivity index (χ2n) is 10.6. The van der Waals surface area contributed by atoms with Gasteiger partial charge in [0.05, 0.1) is 12.0 Å². The molecule has 1 amide bonds. The van der Waals surface area contributed by atoms with Gasteiger partial charge in [-0.1, -0.05) is 40.9 Å². The number of ketones is 1. The quantitative estimate of drug-likeness (QED) is 0.119. The molecule has 0 aliphatic heterocycles. The maximum atomic E-state index is 12.0. The van der Waals surface area contributed by atoms with Crippen LogP contribution in [-0.2, 0) is 43.0 Å². The van der Waals surface area contributed by atoms with Gasteiger partial charge in [-0.05, 0) is 52.5 Å². The third-order valence-electron chi connectivity index (χ3n) is 5.99. The van der Waals surface area contributed by atoms with Crippen molar-refractivity contribution in [3.05, 3.63) is 24.3 Å². The summed E-state index contributed by atoms with van der Waals surface area (Å²) in [6.45, 7) is 23.5. The number of Topliss-reactive ketones (excluding diaryl/α,β-unsaturated/α-hetero) is 1. The molecule has 0 bridgehead atoms. The highest BCUT2D eigenvalue weighted by atomic mass is 16.5. The summed E-state index contributed by atoms with van der Waals surface area (Å²) in [5.74, 6) is -1.27. The zero-order chi connectivity index (χ0) is 34.1. The molecule has 0 saturated carbocycles. The molecule has 1 unspecified atom stereocenters. The Morgan fingerprint density at radius 2 is 1.31 bits per heavy atom. The summed E-state index contributed by atoms with van der Waals surface area (Å²) >= 11 is 0. The molecule has 11 nitrogen and oxygen atoms in total. The van der Waals surface area contributed by atoms with E-state index in [0.717, 1.165) is 19.0 Å². The number of likely N-dealkylation sites (N-methyl/N-ethyl adjacent to an activating group) is 1. The predicted octanol–water partition coefficient (Wildman–Crippen LogP) is 3.84. The number of rotatable bonds is 16. The second kappa shape index (κ2) is 25.3. The Balaban J connectivity index is -0.000000269. The van der Waals surface area contributed by atoms with Gasteiger partial charge >= 0.3 is 11.9 Å². The molecule has 0 aliphatic carbocycles. The summed E-state index contributed by atoms with van der Waals surface area (Å²) < 4.78 is 9.82. The van der Waals surface area contributed by atoms with Gasteiger partial charge in [-0.25, -0.2) is 4.79 Å². The summed E-state index contributed by atoms with van der Waals surface area (Å²) in [5.41, 5.74) is -0.342. The van der Waals surface area contributed by atoms with Gasteiger partial charge in [0.15, 0.2) is 11.9 Å². The molecule has 0 rings (SSSR count). The monoisotopic (exact) mass is 599 g/mol. The molecule has 0 aliphatic rings. The molecule has 0 heterocycles. The lowest BCUT2D eigenvalue weighted by Gasteiger charge is -2.28. The zero-order valence-corrected chi connectivity index (χ0v) is 27.1. The van der Waals surface area contributed by atoms with Crippen LogP contribution >= 0.6 is 0 Å². The van der Waals surface area contributed by atoms with Gasteiger partial charge in [0.25, 0.3) is 0 Å². The highest BCUT2D eigenvalue weighted by Gasteiger charge is 2.29. The van der Waals surface area contributed by atoms with E-state index in [1.807, 2.05) is 34.5 Å². The van der Waals surface area contributed by atoms with Gasteiger partial charge in [-0.2, -0.15) is 0 Å². The largest absolute Gasteiger partial charge is 0.462 e. The van der Waals surface area contributed by atoms with Crippen molar-refractivity contribution in [1.29, 1.82) is 0 Å². The molecule has 0 fully saturated rings. The third-order valence-corrected chi connectivity index (χ3v) is 5.99. The highest BCUT2D eigenvalue weighted by Crippen LogP contribution is 2.22. The number of amides is 1. The number of esters is 2. The minimum Gasteiger partial charge on any atom is -0.462 e. The van der Waals surface area contributed by atoms with Crippen LogP contribution in [0.3, 0.4) is 0 Å². The minimum atomic E-state index is -1.31. The molecule has 1 atom stereocenters. The van der Waals surface area contributed by atoms with Crippen molar-refractivity contribution in [1.82, 2.24) is 4.90 Å². The topological polar surface area (TPSA) is 161 Å². The van der Waals surface area contributed by atoms with Crippen molar-refractivity contribution in [2.45, 2.75) is 93.6 Å². The van der Waals surface area contributed by atoms with E-state index < -0.39 is 29.2 Å². The minimum absolute atomic E-state index is 0.0615. The van der Waals surface area contributed by atoms with Gasteiger partial charge in [-0.15, -0.1) is 0 Å². The van der Waals surface area contributed by atoms with Crippen LogP contribution in [0.1, 0.15) is 87.5 Å². The molecule has 0 radical (unpaired) electrons. The number of nitrogens with zero attached hydrogens (tertiary/aromatic N) is 1. The maximum Gasteiger partial charge on any atom is 0.333 e. The number of hydrogen-bond donors (Lipinski definition) is 1. The smallest absolute Gasteiger partial charge is 0.333 e. The molecule has 0 spiro atoms. The van der Waals surface area contributed by atoms with Crippen molar-refractivity contribution in [2.24, 2.45) is 10.8 Å². The van der Waals surface area contributed by atoms with E-state index in [2.05, 4.69) is 13.2 Å². The average molecular weight is 600 g/mol. The van der Waals surface area contributed by atoms with Crippen LogP contribution in [0.15, 0.2) is 24.3 Å². The Kier molecular flexibility index (Phi) is 27.4. The number of aliphatic hydroxyl groups is 1. The normalized spacial score (nSPS) is 10.8. The number of carbonyl (C=O) groups excluding carboxylic acids is 7. The summed E-state index contributed by atoms with van der Waals surface area (Å²) in [7, 11) is 1.72. The van der Waals surface area contributed by atoms with Crippen LogP contribution in [0.2, 0.25) is 0 Å². The van der Waals surface area contributed by atoms with Crippen LogP contribution in [0.25, 0.3) is 0 Å². The molecule has 1 N–H and O–H groups in total. The Morgan fingerprint density at radius 3 is 1.67 bits per heavy atom. The van der Waals surface area contributed by atoms with Gasteiger partial charge < -0.3 is 33.9 Å². The molecule has 42 heavy (non-hydrogen) atoms. The first-order valence-electron chi connectivity index (χ1n) is 13.6. The molecular formula is C31H53NO10. The fourth-order valence-electron chi connectivity index (χ4n) is 2.31. The first-order chi connectivity index (χ1) is 19.4. The van der Waals surface area contributed by atoms with E-state index in [4.69, 9.17) is 14.3 Å². The van der Waals surface area contributed by atoms with E-state index in [0.29, 0.717) is 37.8 Å². The lowest BCUT2D eigenvalue weighted by molar-refractivity contribution is -0.158. The first-order valence-corrected chi connectivity index (χ1v) is 13.6. The summed E-state index contributed by atoms with van der Waals surface area (Å²) in [4.78, 5) is 74.6. The molecule has 242 valence electrons. The lowest BCUT2D eigenvalue weighted by Crippen LogP contribution is -2.40.